The van der Waals surface area contributed by atoms with Crippen molar-refractivity contribution in [2.24, 2.45) is 5.73 Å². The lowest BCUT2D eigenvalue weighted by molar-refractivity contribution is -0.123. The number of hydrogen-bond acceptors (Lipinski definition) is 4. The first-order chi connectivity index (χ1) is 11.5. The molecule has 8 heteroatoms. The molecule has 0 saturated carbocycles. The highest BCUT2D eigenvalue weighted by atomic mass is 35.5. The molecular formula is C17H25ClN4O3. The van der Waals surface area contributed by atoms with Crippen LogP contribution in [0.4, 0.5) is 10.5 Å². The minimum absolute atomic E-state index is 0. The number of nitrogens with one attached hydrogen (secondary N) is 3. The minimum Gasteiger partial charge on any atom is -0.330 e. The van der Waals surface area contributed by atoms with Crippen LogP contribution in [0.3, 0.4) is 0 Å². The fraction of sp³-hybridized carbons (Fsp3) is 0.471. The van der Waals surface area contributed by atoms with E-state index < -0.39 is 17.5 Å². The predicted octanol–water partition coefficient (Wildman–Crippen LogP) is 2.01. The molecule has 0 aromatic heterocycles. The number of urea groups is 1. The van der Waals surface area contributed by atoms with Gasteiger partial charge in [0.25, 0.3) is 5.91 Å². The Balaban J connectivity index is 0.00000312. The molecule has 1 saturated heterocycles. The van der Waals surface area contributed by atoms with Crippen LogP contribution in [0.25, 0.3) is 0 Å². The van der Waals surface area contributed by atoms with Gasteiger partial charge in [-0.15, -0.1) is 12.4 Å². The molecule has 0 bridgehead atoms. The predicted molar refractivity (Wildman–Crippen MR) is 98.5 cm³/mol. The van der Waals surface area contributed by atoms with Gasteiger partial charge in [-0.2, -0.15) is 0 Å². The average molecular weight is 369 g/mol. The maximum atomic E-state index is 12.0. The molecule has 0 radical (unpaired) electrons. The molecule has 1 aliphatic rings. The van der Waals surface area contributed by atoms with E-state index in [1.807, 2.05) is 0 Å². The molecule has 0 aliphatic carbocycles. The van der Waals surface area contributed by atoms with Crippen LogP contribution in [0.2, 0.25) is 0 Å². The Labute approximate surface area is 153 Å². The molecule has 1 heterocycles. The summed E-state index contributed by atoms with van der Waals surface area (Å²) < 4.78 is 0. The zero-order chi connectivity index (χ0) is 17.6. The van der Waals surface area contributed by atoms with Crippen molar-refractivity contribution in [1.82, 2.24) is 10.6 Å². The molecule has 1 aromatic carbocycles. The van der Waals surface area contributed by atoms with Crippen molar-refractivity contribution in [3.63, 3.8) is 0 Å². The van der Waals surface area contributed by atoms with Crippen molar-refractivity contribution in [1.29, 1.82) is 0 Å². The standard InChI is InChI=1S/C17H24N4O3.ClH/c1-17(15(23)20-16(24)21-17)12-7-6-8-13(11-12)19-14(22)9-4-2-3-5-10-18;/h6-8,11H,2-5,9-10,18H2,1H3,(H,19,22)(H2,20,21,23,24);1H. The summed E-state index contributed by atoms with van der Waals surface area (Å²) in [6, 6.07) is 6.43. The van der Waals surface area contributed by atoms with E-state index in [-0.39, 0.29) is 18.3 Å². The average Bonchev–Trinajstić information content (AvgIpc) is 2.81. The Morgan fingerprint density at radius 3 is 2.56 bits per heavy atom. The molecule has 2 rings (SSSR count). The van der Waals surface area contributed by atoms with E-state index in [1.54, 1.807) is 31.2 Å². The van der Waals surface area contributed by atoms with Gasteiger partial charge in [0.05, 0.1) is 0 Å². The Hall–Kier alpha value is -2.12. The molecule has 0 spiro atoms. The van der Waals surface area contributed by atoms with Gasteiger partial charge in [-0.05, 0) is 44.0 Å². The van der Waals surface area contributed by atoms with Crippen molar-refractivity contribution < 1.29 is 14.4 Å². The summed E-state index contributed by atoms with van der Waals surface area (Å²) in [7, 11) is 0. The molecule has 1 aliphatic heterocycles. The van der Waals surface area contributed by atoms with Crippen molar-refractivity contribution in [3.8, 4) is 0 Å². The van der Waals surface area contributed by atoms with E-state index >= 15 is 0 Å². The van der Waals surface area contributed by atoms with Crippen molar-refractivity contribution >= 4 is 35.9 Å². The zero-order valence-corrected chi connectivity index (χ0v) is 15.1. The smallest absolute Gasteiger partial charge is 0.322 e. The van der Waals surface area contributed by atoms with Gasteiger partial charge >= 0.3 is 6.03 Å². The molecule has 4 amide bonds. The van der Waals surface area contributed by atoms with E-state index in [9.17, 15) is 14.4 Å². The Kier molecular flexibility index (Phi) is 7.86. The van der Waals surface area contributed by atoms with Crippen LogP contribution in [0.5, 0.6) is 0 Å². The first-order valence-corrected chi connectivity index (χ1v) is 8.20. The second kappa shape index (κ2) is 9.39. The monoisotopic (exact) mass is 368 g/mol. The highest BCUT2D eigenvalue weighted by Gasteiger charge is 2.43. The van der Waals surface area contributed by atoms with E-state index in [0.29, 0.717) is 24.2 Å². The van der Waals surface area contributed by atoms with Crippen LogP contribution in [-0.4, -0.2) is 24.4 Å². The van der Waals surface area contributed by atoms with Crippen molar-refractivity contribution in [2.45, 2.75) is 44.6 Å². The number of unbranched alkanes of at least 4 members (excludes halogenated alkanes) is 3. The van der Waals surface area contributed by atoms with E-state index in [2.05, 4.69) is 16.0 Å². The lowest BCUT2D eigenvalue weighted by Crippen LogP contribution is -2.40. The molecule has 138 valence electrons. The largest absolute Gasteiger partial charge is 0.330 e. The maximum absolute atomic E-state index is 12.0. The quantitative estimate of drug-likeness (QED) is 0.415. The number of carbonyl (C=O) groups excluding carboxylic acids is 3. The Bertz CT molecular complexity index is 638. The van der Waals surface area contributed by atoms with Crippen LogP contribution in [0, 0.1) is 0 Å². The van der Waals surface area contributed by atoms with Gasteiger partial charge in [0.15, 0.2) is 0 Å². The Morgan fingerprint density at radius 1 is 1.20 bits per heavy atom. The molecule has 5 N–H and O–H groups in total. The molecule has 1 aromatic rings. The number of amides is 4. The van der Waals surface area contributed by atoms with Gasteiger partial charge in [0.2, 0.25) is 5.91 Å². The van der Waals surface area contributed by atoms with Crippen LogP contribution in [0.15, 0.2) is 24.3 Å². The second-order valence-corrected chi connectivity index (χ2v) is 6.12. The van der Waals surface area contributed by atoms with Crippen LogP contribution in [0.1, 0.15) is 44.6 Å². The minimum atomic E-state index is -1.12. The summed E-state index contributed by atoms with van der Waals surface area (Å²) in [5, 5.41) is 7.67. The van der Waals surface area contributed by atoms with Crippen molar-refractivity contribution in [3.05, 3.63) is 29.8 Å². The van der Waals surface area contributed by atoms with Crippen molar-refractivity contribution in [2.75, 3.05) is 11.9 Å². The van der Waals surface area contributed by atoms with Crippen LogP contribution >= 0.6 is 12.4 Å². The number of halogens is 1. The summed E-state index contributed by atoms with van der Waals surface area (Å²) in [5.74, 6) is -0.471. The number of anilines is 1. The number of carbonyl (C=O) groups is 3. The molecule has 1 unspecified atom stereocenters. The van der Waals surface area contributed by atoms with Gasteiger partial charge in [-0.1, -0.05) is 25.0 Å². The van der Waals surface area contributed by atoms with E-state index in [4.69, 9.17) is 5.73 Å². The first kappa shape index (κ1) is 20.9. The summed E-state index contributed by atoms with van der Waals surface area (Å²) in [6.07, 6.45) is 4.27. The molecule has 1 atom stereocenters. The lowest BCUT2D eigenvalue weighted by Gasteiger charge is -2.21. The fourth-order valence-corrected chi connectivity index (χ4v) is 2.66. The van der Waals surface area contributed by atoms with Crippen LogP contribution < -0.4 is 21.7 Å². The fourth-order valence-electron chi connectivity index (χ4n) is 2.66. The van der Waals surface area contributed by atoms with Gasteiger partial charge in [0.1, 0.15) is 5.54 Å². The number of nitrogens with two attached hydrogens (primary N) is 1. The summed E-state index contributed by atoms with van der Waals surface area (Å²) in [5.41, 5.74) is 5.53. The highest BCUT2D eigenvalue weighted by molar-refractivity contribution is 6.07. The normalized spacial score (nSPS) is 19.0. The highest BCUT2D eigenvalue weighted by Crippen LogP contribution is 2.26. The molecule has 25 heavy (non-hydrogen) atoms. The third-order valence-electron chi connectivity index (χ3n) is 4.13. The zero-order valence-electron chi connectivity index (χ0n) is 14.3. The molecule has 1 fully saturated rings. The maximum Gasteiger partial charge on any atom is 0.322 e. The number of hydrogen-bond donors (Lipinski definition) is 4. The molecule has 7 nitrogen and oxygen atoms in total. The molecular weight excluding hydrogens is 344 g/mol. The number of imide groups is 1. The third kappa shape index (κ3) is 5.44. The first-order valence-electron chi connectivity index (χ1n) is 8.20. The van der Waals surface area contributed by atoms with E-state index in [0.717, 1.165) is 25.7 Å². The number of benzene rings is 1. The Morgan fingerprint density at radius 2 is 1.92 bits per heavy atom. The number of rotatable bonds is 8. The topological polar surface area (TPSA) is 113 Å². The third-order valence-corrected chi connectivity index (χ3v) is 4.13. The lowest BCUT2D eigenvalue weighted by atomic mass is 9.92. The van der Waals surface area contributed by atoms with E-state index in [1.165, 1.54) is 0 Å². The van der Waals surface area contributed by atoms with Gasteiger partial charge < -0.3 is 16.4 Å². The second-order valence-electron chi connectivity index (χ2n) is 6.12. The van der Waals surface area contributed by atoms with Crippen LogP contribution in [-0.2, 0) is 15.1 Å². The summed E-state index contributed by atoms with van der Waals surface area (Å²) in [4.78, 5) is 35.3. The summed E-state index contributed by atoms with van der Waals surface area (Å²) >= 11 is 0. The SMILES string of the molecule is CC1(c2cccc(NC(=O)CCCCCCN)c2)NC(=O)NC1=O.Cl. The summed E-state index contributed by atoms with van der Waals surface area (Å²) in [6.45, 7) is 2.31. The van der Waals surface area contributed by atoms with Gasteiger partial charge in [-0.3, -0.25) is 14.9 Å². The van der Waals surface area contributed by atoms with Gasteiger partial charge in [0, 0.05) is 12.1 Å². The van der Waals surface area contributed by atoms with Gasteiger partial charge in [-0.25, -0.2) is 4.79 Å².